The van der Waals surface area contributed by atoms with Gasteiger partial charge in [0.15, 0.2) is 0 Å². The molecule has 0 bridgehead atoms. The van der Waals surface area contributed by atoms with Crippen molar-refractivity contribution in [3.8, 4) is 0 Å². The molecule has 3 heteroatoms. The van der Waals surface area contributed by atoms with Gasteiger partial charge >= 0.3 is 0 Å². The molecule has 88 valence electrons. The van der Waals surface area contributed by atoms with Gasteiger partial charge in [-0.2, -0.15) is 0 Å². The molecule has 2 heterocycles. The molecular weight excluding hydrogens is 188 g/mol. The number of nitrogens with zero attached hydrogens (tertiary/aromatic N) is 1. The van der Waals surface area contributed by atoms with Gasteiger partial charge in [-0.25, -0.2) is 0 Å². The minimum Gasteiger partial charge on any atom is -0.377 e. The van der Waals surface area contributed by atoms with Gasteiger partial charge in [-0.1, -0.05) is 6.92 Å². The lowest BCUT2D eigenvalue weighted by atomic mass is 9.88. The summed E-state index contributed by atoms with van der Waals surface area (Å²) in [7, 11) is 0. The topological polar surface area (TPSA) is 24.5 Å². The second-order valence-electron chi connectivity index (χ2n) is 5.19. The molecule has 0 aromatic rings. The summed E-state index contributed by atoms with van der Waals surface area (Å²) in [6.45, 7) is 11.5. The Morgan fingerprint density at radius 1 is 1.47 bits per heavy atom. The largest absolute Gasteiger partial charge is 0.377 e. The first-order valence-corrected chi connectivity index (χ1v) is 6.30. The van der Waals surface area contributed by atoms with E-state index >= 15 is 0 Å². The van der Waals surface area contributed by atoms with Crippen molar-refractivity contribution in [1.29, 1.82) is 0 Å². The normalized spacial score (nSPS) is 32.0. The highest BCUT2D eigenvalue weighted by Gasteiger charge is 2.26. The van der Waals surface area contributed by atoms with E-state index in [2.05, 4.69) is 24.1 Å². The molecule has 2 rings (SSSR count). The van der Waals surface area contributed by atoms with Crippen LogP contribution in [0.2, 0.25) is 0 Å². The third kappa shape index (κ3) is 3.16. The smallest absolute Gasteiger partial charge is 0.0673 e. The van der Waals surface area contributed by atoms with Crippen LogP contribution < -0.4 is 5.32 Å². The summed E-state index contributed by atoms with van der Waals surface area (Å²) >= 11 is 0. The van der Waals surface area contributed by atoms with E-state index in [0.717, 1.165) is 25.0 Å². The molecule has 0 saturated carbocycles. The Hall–Kier alpha value is -0.120. The molecule has 0 aromatic heterocycles. The van der Waals surface area contributed by atoms with E-state index in [1.807, 2.05) is 0 Å². The summed E-state index contributed by atoms with van der Waals surface area (Å²) < 4.78 is 5.66. The van der Waals surface area contributed by atoms with Crippen LogP contribution in [-0.2, 0) is 4.74 Å². The van der Waals surface area contributed by atoms with Gasteiger partial charge in [0.05, 0.1) is 6.10 Å². The molecule has 2 unspecified atom stereocenters. The lowest BCUT2D eigenvalue weighted by Crippen LogP contribution is -2.48. The van der Waals surface area contributed by atoms with Gasteiger partial charge in [-0.05, 0) is 38.3 Å². The molecular formula is C12H24N2O. The Morgan fingerprint density at radius 2 is 2.27 bits per heavy atom. The molecule has 0 aromatic carbocycles. The van der Waals surface area contributed by atoms with Crippen molar-refractivity contribution in [2.75, 3.05) is 39.3 Å². The first-order valence-electron chi connectivity index (χ1n) is 6.30. The predicted octanol–water partition coefficient (Wildman–Crippen LogP) is 0.953. The zero-order chi connectivity index (χ0) is 10.7. The maximum atomic E-state index is 5.66. The standard InChI is InChI=1S/C12H24N2O/c1-10(12-6-13-7-12)8-14-4-3-5-15-11(2)9-14/h10-13H,3-9H2,1-2H3. The Balaban J connectivity index is 1.76. The third-order valence-electron chi connectivity index (χ3n) is 3.70. The van der Waals surface area contributed by atoms with Gasteiger partial charge in [0, 0.05) is 26.2 Å². The SMILES string of the molecule is CC1CN(CC(C)C2CNC2)CCCO1. The van der Waals surface area contributed by atoms with Crippen LogP contribution >= 0.6 is 0 Å². The number of hydrogen-bond acceptors (Lipinski definition) is 3. The van der Waals surface area contributed by atoms with E-state index in [4.69, 9.17) is 4.74 Å². The fourth-order valence-corrected chi connectivity index (χ4v) is 2.52. The van der Waals surface area contributed by atoms with Gasteiger partial charge in [0.25, 0.3) is 0 Å². The lowest BCUT2D eigenvalue weighted by Gasteiger charge is -2.35. The third-order valence-corrected chi connectivity index (χ3v) is 3.70. The highest BCUT2D eigenvalue weighted by Crippen LogP contribution is 2.18. The van der Waals surface area contributed by atoms with Gasteiger partial charge in [0.2, 0.25) is 0 Å². The molecule has 2 fully saturated rings. The average molecular weight is 212 g/mol. The molecule has 0 amide bonds. The van der Waals surface area contributed by atoms with E-state index in [-0.39, 0.29) is 0 Å². The van der Waals surface area contributed by atoms with Gasteiger partial charge in [-0.3, -0.25) is 0 Å². The summed E-state index contributed by atoms with van der Waals surface area (Å²) in [5, 5.41) is 3.36. The van der Waals surface area contributed by atoms with Crippen molar-refractivity contribution in [1.82, 2.24) is 10.2 Å². The van der Waals surface area contributed by atoms with Gasteiger partial charge in [0.1, 0.15) is 0 Å². The molecule has 0 spiro atoms. The molecule has 0 radical (unpaired) electrons. The number of ether oxygens (including phenoxy) is 1. The van der Waals surface area contributed by atoms with Crippen molar-refractivity contribution in [3.05, 3.63) is 0 Å². The molecule has 15 heavy (non-hydrogen) atoms. The quantitative estimate of drug-likeness (QED) is 0.754. The zero-order valence-electron chi connectivity index (χ0n) is 10.0. The predicted molar refractivity (Wildman–Crippen MR) is 62.0 cm³/mol. The Bertz CT molecular complexity index is 194. The van der Waals surface area contributed by atoms with E-state index in [9.17, 15) is 0 Å². The summed E-state index contributed by atoms with van der Waals surface area (Å²) in [6.07, 6.45) is 1.61. The monoisotopic (exact) mass is 212 g/mol. The number of nitrogens with one attached hydrogen (secondary N) is 1. The number of hydrogen-bond donors (Lipinski definition) is 1. The van der Waals surface area contributed by atoms with Crippen LogP contribution in [-0.4, -0.2) is 50.3 Å². The summed E-state index contributed by atoms with van der Waals surface area (Å²) in [5.74, 6) is 1.74. The zero-order valence-corrected chi connectivity index (χ0v) is 10.0. The van der Waals surface area contributed by atoms with Gasteiger partial charge in [-0.15, -0.1) is 0 Å². The maximum absolute atomic E-state index is 5.66. The molecule has 2 atom stereocenters. The lowest BCUT2D eigenvalue weighted by molar-refractivity contribution is 0.0628. The molecule has 2 aliphatic rings. The van der Waals surface area contributed by atoms with E-state index in [1.165, 1.54) is 32.6 Å². The van der Waals surface area contributed by atoms with Crippen molar-refractivity contribution in [2.45, 2.75) is 26.4 Å². The fourth-order valence-electron chi connectivity index (χ4n) is 2.52. The average Bonchev–Trinajstić information content (AvgIpc) is 2.26. The van der Waals surface area contributed by atoms with Crippen LogP contribution in [0.1, 0.15) is 20.3 Å². The van der Waals surface area contributed by atoms with Crippen molar-refractivity contribution < 1.29 is 4.74 Å². The molecule has 2 aliphatic heterocycles. The highest BCUT2D eigenvalue weighted by atomic mass is 16.5. The summed E-state index contributed by atoms with van der Waals surface area (Å²) in [5.41, 5.74) is 0. The van der Waals surface area contributed by atoms with Crippen LogP contribution in [0, 0.1) is 11.8 Å². The van der Waals surface area contributed by atoms with E-state index in [0.29, 0.717) is 6.10 Å². The minimum absolute atomic E-state index is 0.416. The Labute approximate surface area is 93.2 Å². The van der Waals surface area contributed by atoms with Crippen molar-refractivity contribution in [3.63, 3.8) is 0 Å². The van der Waals surface area contributed by atoms with Crippen LogP contribution in [0.15, 0.2) is 0 Å². The first kappa shape index (κ1) is 11.4. The van der Waals surface area contributed by atoms with Crippen molar-refractivity contribution in [2.24, 2.45) is 11.8 Å². The Morgan fingerprint density at radius 3 is 2.93 bits per heavy atom. The highest BCUT2D eigenvalue weighted by molar-refractivity contribution is 4.81. The second-order valence-corrected chi connectivity index (χ2v) is 5.19. The summed E-state index contributed by atoms with van der Waals surface area (Å²) in [6, 6.07) is 0. The molecule has 3 nitrogen and oxygen atoms in total. The van der Waals surface area contributed by atoms with E-state index in [1.54, 1.807) is 0 Å². The van der Waals surface area contributed by atoms with Crippen LogP contribution in [0.3, 0.4) is 0 Å². The second kappa shape index (κ2) is 5.28. The van der Waals surface area contributed by atoms with E-state index < -0.39 is 0 Å². The minimum atomic E-state index is 0.416. The van der Waals surface area contributed by atoms with Crippen molar-refractivity contribution >= 4 is 0 Å². The first-order chi connectivity index (χ1) is 7.25. The Kier molecular flexibility index (Phi) is 4.00. The van der Waals surface area contributed by atoms with Gasteiger partial charge < -0.3 is 15.0 Å². The molecule has 0 aliphatic carbocycles. The number of rotatable bonds is 3. The fraction of sp³-hybridized carbons (Fsp3) is 1.00. The summed E-state index contributed by atoms with van der Waals surface area (Å²) in [4.78, 5) is 2.58. The van der Waals surface area contributed by atoms with Crippen LogP contribution in [0.25, 0.3) is 0 Å². The molecule has 1 N–H and O–H groups in total. The maximum Gasteiger partial charge on any atom is 0.0673 e. The van der Waals surface area contributed by atoms with Crippen LogP contribution in [0.5, 0.6) is 0 Å². The van der Waals surface area contributed by atoms with Crippen LogP contribution in [0.4, 0.5) is 0 Å². The molecule has 2 saturated heterocycles.